The number of rotatable bonds is 5. The van der Waals surface area contributed by atoms with E-state index >= 15 is 0 Å². The minimum Gasteiger partial charge on any atom is -0.464 e. The van der Waals surface area contributed by atoms with Gasteiger partial charge in [0.1, 0.15) is 23.1 Å². The van der Waals surface area contributed by atoms with E-state index in [1.54, 1.807) is 28.9 Å². The Balaban J connectivity index is 1.57. The fraction of sp³-hybridized carbons (Fsp3) is 0.462. The molecule has 0 bridgehead atoms. The van der Waals surface area contributed by atoms with E-state index in [4.69, 9.17) is 4.42 Å². The lowest BCUT2D eigenvalue weighted by molar-refractivity contribution is -0.169. The number of benzene rings is 1. The standard InChI is InChI=1S/C26H27N3O5/c1-15-8-11-18(34-15)22-20-21(24(32)27(2)23(20)31)26(12-16-6-4-3-5-7-16)25(33)28(13-17-9-10-17)14-19(30)29(22)26/h3-8,11,17,20-22H,9-10,12-14H2,1-2H3/t20-,21-,22-,26-/m1/s1. The first-order chi connectivity index (χ1) is 16.3. The highest BCUT2D eigenvalue weighted by molar-refractivity contribution is 6.12. The number of furan rings is 1. The number of hydrogen-bond donors (Lipinski definition) is 0. The number of carbonyl (C=O) groups is 4. The molecule has 1 aromatic carbocycles. The maximum Gasteiger partial charge on any atom is 0.250 e. The second kappa shape index (κ2) is 7.29. The second-order valence-corrected chi connectivity index (χ2v) is 10.1. The quantitative estimate of drug-likeness (QED) is 0.635. The minimum absolute atomic E-state index is 0.0419. The van der Waals surface area contributed by atoms with E-state index in [2.05, 4.69) is 0 Å². The molecule has 176 valence electrons. The van der Waals surface area contributed by atoms with Crippen molar-refractivity contribution in [2.24, 2.45) is 17.8 Å². The molecule has 3 aliphatic heterocycles. The molecule has 1 aliphatic carbocycles. The van der Waals surface area contributed by atoms with Crippen LogP contribution in [0.1, 0.15) is 36.0 Å². The van der Waals surface area contributed by atoms with Gasteiger partial charge < -0.3 is 14.2 Å². The van der Waals surface area contributed by atoms with E-state index in [1.807, 2.05) is 30.3 Å². The maximum absolute atomic E-state index is 14.3. The highest BCUT2D eigenvalue weighted by atomic mass is 16.3. The lowest BCUT2D eigenvalue weighted by Gasteiger charge is -2.48. The molecule has 0 spiro atoms. The van der Waals surface area contributed by atoms with E-state index < -0.39 is 29.3 Å². The minimum atomic E-state index is -1.47. The molecule has 4 aliphatic rings. The molecular weight excluding hydrogens is 434 g/mol. The molecule has 1 aromatic heterocycles. The zero-order chi connectivity index (χ0) is 23.8. The summed E-state index contributed by atoms with van der Waals surface area (Å²) in [4.78, 5) is 59.4. The number of likely N-dealkylation sites (tertiary alicyclic amines) is 1. The first-order valence-corrected chi connectivity index (χ1v) is 11.9. The van der Waals surface area contributed by atoms with Crippen molar-refractivity contribution >= 4 is 23.6 Å². The van der Waals surface area contributed by atoms with Gasteiger partial charge in [-0.25, -0.2) is 0 Å². The fourth-order valence-corrected chi connectivity index (χ4v) is 6.27. The Hall–Kier alpha value is -3.42. The number of piperazine rings is 1. The number of aryl methyl sites for hydroxylation is 1. The van der Waals surface area contributed by atoms with Crippen LogP contribution in [0.15, 0.2) is 46.9 Å². The van der Waals surface area contributed by atoms with Gasteiger partial charge in [-0.3, -0.25) is 24.1 Å². The van der Waals surface area contributed by atoms with Crippen LogP contribution >= 0.6 is 0 Å². The summed E-state index contributed by atoms with van der Waals surface area (Å²) in [6.07, 6.45) is 2.24. The van der Waals surface area contributed by atoms with Crippen LogP contribution in [0.3, 0.4) is 0 Å². The van der Waals surface area contributed by atoms with Crippen LogP contribution in [0.2, 0.25) is 0 Å². The largest absolute Gasteiger partial charge is 0.464 e. The second-order valence-electron chi connectivity index (χ2n) is 10.1. The molecule has 4 amide bonds. The average Bonchev–Trinajstić information content (AvgIpc) is 3.38. The lowest BCUT2D eigenvalue weighted by atomic mass is 9.74. The molecule has 4 atom stereocenters. The van der Waals surface area contributed by atoms with Crippen molar-refractivity contribution in [2.75, 3.05) is 20.1 Å². The van der Waals surface area contributed by atoms with Crippen LogP contribution in [0.4, 0.5) is 0 Å². The molecule has 8 heteroatoms. The smallest absolute Gasteiger partial charge is 0.250 e. The Morgan fingerprint density at radius 2 is 1.74 bits per heavy atom. The first-order valence-electron chi connectivity index (χ1n) is 11.9. The predicted molar refractivity (Wildman–Crippen MR) is 120 cm³/mol. The summed E-state index contributed by atoms with van der Waals surface area (Å²) in [7, 11) is 1.46. The highest BCUT2D eigenvalue weighted by Crippen LogP contribution is 2.58. The molecule has 0 unspecified atom stereocenters. The van der Waals surface area contributed by atoms with Gasteiger partial charge in [0, 0.05) is 20.0 Å². The number of fused-ring (bicyclic) bond motifs is 3. The fourth-order valence-electron chi connectivity index (χ4n) is 6.27. The molecule has 2 aromatic rings. The normalized spacial score (nSPS) is 30.9. The van der Waals surface area contributed by atoms with Gasteiger partial charge >= 0.3 is 0 Å². The van der Waals surface area contributed by atoms with Crippen molar-refractivity contribution in [1.82, 2.24) is 14.7 Å². The van der Waals surface area contributed by atoms with Gasteiger partial charge in [0.05, 0.1) is 18.4 Å². The summed E-state index contributed by atoms with van der Waals surface area (Å²) >= 11 is 0. The maximum atomic E-state index is 14.3. The Labute approximate surface area is 197 Å². The summed E-state index contributed by atoms with van der Waals surface area (Å²) in [5.74, 6) is -1.60. The predicted octanol–water partition coefficient (Wildman–Crippen LogP) is 1.94. The van der Waals surface area contributed by atoms with Crippen molar-refractivity contribution in [2.45, 2.75) is 37.8 Å². The van der Waals surface area contributed by atoms with Crippen LogP contribution < -0.4 is 0 Å². The van der Waals surface area contributed by atoms with E-state index in [0.717, 1.165) is 23.3 Å². The van der Waals surface area contributed by atoms with Crippen molar-refractivity contribution in [1.29, 1.82) is 0 Å². The number of nitrogens with zero attached hydrogens (tertiary/aromatic N) is 3. The Bertz CT molecular complexity index is 1200. The van der Waals surface area contributed by atoms with Crippen molar-refractivity contribution in [3.63, 3.8) is 0 Å². The van der Waals surface area contributed by atoms with E-state index in [0.29, 0.717) is 24.0 Å². The van der Waals surface area contributed by atoms with Gasteiger partial charge in [-0.05, 0) is 43.4 Å². The van der Waals surface area contributed by atoms with Gasteiger partial charge in [-0.1, -0.05) is 30.3 Å². The molecule has 1 saturated carbocycles. The highest BCUT2D eigenvalue weighted by Gasteiger charge is 2.74. The Morgan fingerprint density at radius 3 is 2.38 bits per heavy atom. The van der Waals surface area contributed by atoms with Crippen LogP contribution in [-0.4, -0.2) is 64.0 Å². The monoisotopic (exact) mass is 461 g/mol. The summed E-state index contributed by atoms with van der Waals surface area (Å²) in [6.45, 7) is 2.26. The van der Waals surface area contributed by atoms with Gasteiger partial charge in [0.15, 0.2) is 0 Å². The third-order valence-corrected chi connectivity index (χ3v) is 7.93. The van der Waals surface area contributed by atoms with E-state index in [9.17, 15) is 19.2 Å². The van der Waals surface area contributed by atoms with Gasteiger partial charge in [0.2, 0.25) is 23.6 Å². The molecule has 0 N–H and O–H groups in total. The van der Waals surface area contributed by atoms with Crippen LogP contribution in [-0.2, 0) is 25.6 Å². The topological polar surface area (TPSA) is 91.1 Å². The molecule has 8 nitrogen and oxygen atoms in total. The Kier molecular flexibility index (Phi) is 4.53. The van der Waals surface area contributed by atoms with E-state index in [-0.39, 0.29) is 30.7 Å². The van der Waals surface area contributed by atoms with Gasteiger partial charge in [-0.15, -0.1) is 0 Å². The first kappa shape index (κ1) is 21.1. The summed E-state index contributed by atoms with van der Waals surface area (Å²) in [5, 5.41) is 0. The third-order valence-electron chi connectivity index (χ3n) is 7.93. The van der Waals surface area contributed by atoms with Crippen molar-refractivity contribution in [3.05, 3.63) is 59.5 Å². The van der Waals surface area contributed by atoms with Crippen molar-refractivity contribution in [3.8, 4) is 0 Å². The summed E-state index contributed by atoms with van der Waals surface area (Å²) in [5.41, 5.74) is -0.634. The molecule has 3 saturated heterocycles. The number of amides is 4. The Morgan fingerprint density at radius 1 is 1.00 bits per heavy atom. The molecular formula is C26H27N3O5. The van der Waals surface area contributed by atoms with Gasteiger partial charge in [0.25, 0.3) is 0 Å². The van der Waals surface area contributed by atoms with Crippen molar-refractivity contribution < 1.29 is 23.6 Å². The molecule has 4 heterocycles. The number of carbonyl (C=O) groups excluding carboxylic acids is 4. The molecule has 6 rings (SSSR count). The third kappa shape index (κ3) is 2.83. The van der Waals surface area contributed by atoms with Gasteiger partial charge in [-0.2, -0.15) is 0 Å². The summed E-state index contributed by atoms with van der Waals surface area (Å²) in [6, 6.07) is 12.2. The molecule has 0 radical (unpaired) electrons. The van der Waals surface area contributed by atoms with Crippen LogP contribution in [0, 0.1) is 24.7 Å². The van der Waals surface area contributed by atoms with Crippen LogP contribution in [0.5, 0.6) is 0 Å². The molecule has 34 heavy (non-hydrogen) atoms. The molecule has 4 fully saturated rings. The summed E-state index contributed by atoms with van der Waals surface area (Å²) < 4.78 is 5.92. The van der Waals surface area contributed by atoms with E-state index in [1.165, 1.54) is 7.05 Å². The zero-order valence-corrected chi connectivity index (χ0v) is 19.3. The number of hydrogen-bond acceptors (Lipinski definition) is 5. The zero-order valence-electron chi connectivity index (χ0n) is 19.3. The van der Waals surface area contributed by atoms with Crippen LogP contribution in [0.25, 0.3) is 0 Å². The average molecular weight is 462 g/mol. The lowest BCUT2D eigenvalue weighted by Crippen LogP contribution is -2.70. The number of imide groups is 1. The SMILES string of the molecule is Cc1ccc([C@@H]2[C@@H]3C(=O)N(C)C(=O)[C@@H]3[C@]3(Cc4ccccc4)C(=O)N(CC4CC4)CC(=O)N23)o1.